The summed E-state index contributed by atoms with van der Waals surface area (Å²) in [5.41, 5.74) is 1.91. The third-order valence-corrected chi connectivity index (χ3v) is 4.14. The van der Waals surface area contributed by atoms with Gasteiger partial charge in [0.1, 0.15) is 11.5 Å². The Morgan fingerprint density at radius 1 is 1.42 bits per heavy atom. The number of hydrogen-bond acceptors (Lipinski definition) is 4. The van der Waals surface area contributed by atoms with Crippen molar-refractivity contribution >= 4 is 6.03 Å². The number of aryl methyl sites for hydroxylation is 1. The molecule has 0 saturated carbocycles. The number of nitrogens with zero attached hydrogens (tertiary/aromatic N) is 2. The Hall–Kier alpha value is -2.34. The molecular weight excluding hydrogens is 306 g/mol. The summed E-state index contributed by atoms with van der Waals surface area (Å²) >= 11 is 0. The third-order valence-electron chi connectivity index (χ3n) is 4.14. The SMILES string of the molecule is Cc1cc(CNC(=O)N2CC[C@@H](COCc3ccccc3)C2)no1. The maximum atomic E-state index is 12.2. The Kier molecular flexibility index (Phi) is 5.48. The molecule has 0 bridgehead atoms. The minimum Gasteiger partial charge on any atom is -0.376 e. The molecule has 24 heavy (non-hydrogen) atoms. The molecule has 1 atom stereocenters. The minimum atomic E-state index is -0.0544. The lowest BCUT2D eigenvalue weighted by Crippen LogP contribution is -2.38. The Morgan fingerprint density at radius 2 is 2.25 bits per heavy atom. The molecule has 1 saturated heterocycles. The van der Waals surface area contributed by atoms with Gasteiger partial charge >= 0.3 is 6.03 Å². The highest BCUT2D eigenvalue weighted by atomic mass is 16.5. The monoisotopic (exact) mass is 329 g/mol. The molecule has 1 aromatic heterocycles. The fourth-order valence-corrected chi connectivity index (χ4v) is 2.85. The number of amides is 2. The molecule has 2 amide bonds. The molecule has 0 spiro atoms. The molecule has 1 fully saturated rings. The van der Waals surface area contributed by atoms with Gasteiger partial charge in [-0.1, -0.05) is 35.5 Å². The highest BCUT2D eigenvalue weighted by Crippen LogP contribution is 2.17. The van der Waals surface area contributed by atoms with Gasteiger partial charge in [-0.15, -0.1) is 0 Å². The fourth-order valence-electron chi connectivity index (χ4n) is 2.85. The summed E-state index contributed by atoms with van der Waals surface area (Å²) in [5.74, 6) is 1.14. The van der Waals surface area contributed by atoms with E-state index in [0.29, 0.717) is 25.7 Å². The van der Waals surface area contributed by atoms with Crippen molar-refractivity contribution in [3.05, 3.63) is 53.4 Å². The summed E-state index contributed by atoms with van der Waals surface area (Å²) < 4.78 is 10.8. The van der Waals surface area contributed by atoms with Crippen LogP contribution in [-0.2, 0) is 17.9 Å². The van der Waals surface area contributed by atoms with E-state index in [0.717, 1.165) is 31.0 Å². The first kappa shape index (κ1) is 16.5. The number of benzene rings is 1. The molecule has 0 unspecified atom stereocenters. The quantitative estimate of drug-likeness (QED) is 0.885. The van der Waals surface area contributed by atoms with Crippen molar-refractivity contribution in [3.8, 4) is 0 Å². The molecule has 6 heteroatoms. The van der Waals surface area contributed by atoms with E-state index in [9.17, 15) is 4.79 Å². The number of aromatic nitrogens is 1. The van der Waals surface area contributed by atoms with Crippen molar-refractivity contribution in [2.75, 3.05) is 19.7 Å². The number of carbonyl (C=O) groups excluding carboxylic acids is 1. The van der Waals surface area contributed by atoms with Crippen LogP contribution in [0.2, 0.25) is 0 Å². The van der Waals surface area contributed by atoms with Gasteiger partial charge in [-0.2, -0.15) is 0 Å². The average molecular weight is 329 g/mol. The largest absolute Gasteiger partial charge is 0.376 e. The Labute approximate surface area is 141 Å². The smallest absolute Gasteiger partial charge is 0.317 e. The topological polar surface area (TPSA) is 67.6 Å². The minimum absolute atomic E-state index is 0.0544. The molecule has 1 aliphatic heterocycles. The van der Waals surface area contributed by atoms with Gasteiger partial charge in [0.2, 0.25) is 0 Å². The predicted molar refractivity (Wildman–Crippen MR) is 89.3 cm³/mol. The molecule has 0 aliphatic carbocycles. The van der Waals surface area contributed by atoms with Crippen molar-refractivity contribution < 1.29 is 14.1 Å². The van der Waals surface area contributed by atoms with Crippen LogP contribution in [0.25, 0.3) is 0 Å². The van der Waals surface area contributed by atoms with Crippen molar-refractivity contribution in [1.82, 2.24) is 15.4 Å². The van der Waals surface area contributed by atoms with E-state index in [2.05, 4.69) is 22.6 Å². The van der Waals surface area contributed by atoms with Crippen molar-refractivity contribution in [1.29, 1.82) is 0 Å². The summed E-state index contributed by atoms with van der Waals surface area (Å²) in [6.07, 6.45) is 0.977. The molecule has 0 radical (unpaired) electrons. The molecule has 1 aliphatic rings. The maximum absolute atomic E-state index is 12.2. The lowest BCUT2D eigenvalue weighted by atomic mass is 10.1. The lowest BCUT2D eigenvalue weighted by Gasteiger charge is -2.17. The number of ether oxygens (including phenoxy) is 1. The number of urea groups is 1. The molecule has 3 rings (SSSR count). The van der Waals surface area contributed by atoms with E-state index >= 15 is 0 Å². The highest BCUT2D eigenvalue weighted by Gasteiger charge is 2.26. The van der Waals surface area contributed by atoms with Crippen LogP contribution in [-0.4, -0.2) is 35.8 Å². The van der Waals surface area contributed by atoms with Crippen LogP contribution >= 0.6 is 0 Å². The zero-order valence-electron chi connectivity index (χ0n) is 13.9. The van der Waals surface area contributed by atoms with Crippen LogP contribution in [0.4, 0.5) is 4.79 Å². The first-order valence-electron chi connectivity index (χ1n) is 8.27. The number of carbonyl (C=O) groups is 1. The second-order valence-electron chi connectivity index (χ2n) is 6.19. The molecule has 2 heterocycles. The van der Waals surface area contributed by atoms with Gasteiger partial charge in [-0.25, -0.2) is 4.79 Å². The summed E-state index contributed by atoms with van der Waals surface area (Å²) in [6, 6.07) is 11.9. The van der Waals surface area contributed by atoms with Gasteiger partial charge in [0.25, 0.3) is 0 Å². The second-order valence-corrected chi connectivity index (χ2v) is 6.19. The molecule has 6 nitrogen and oxygen atoms in total. The Bertz CT molecular complexity index is 657. The number of nitrogens with one attached hydrogen (secondary N) is 1. The van der Waals surface area contributed by atoms with E-state index in [4.69, 9.17) is 9.26 Å². The van der Waals surface area contributed by atoms with Crippen LogP contribution < -0.4 is 5.32 Å². The number of rotatable bonds is 6. The summed E-state index contributed by atoms with van der Waals surface area (Å²) in [6.45, 7) is 5.03. The molecule has 128 valence electrons. The van der Waals surface area contributed by atoms with Crippen LogP contribution in [0.3, 0.4) is 0 Å². The van der Waals surface area contributed by atoms with Gasteiger partial charge in [0.05, 0.1) is 19.8 Å². The van der Waals surface area contributed by atoms with Gasteiger partial charge in [0, 0.05) is 25.1 Å². The zero-order chi connectivity index (χ0) is 16.8. The van der Waals surface area contributed by atoms with Crippen LogP contribution in [0.1, 0.15) is 23.4 Å². The predicted octanol–water partition coefficient (Wildman–Crippen LogP) is 2.73. The second kappa shape index (κ2) is 7.97. The lowest BCUT2D eigenvalue weighted by molar-refractivity contribution is 0.0897. The van der Waals surface area contributed by atoms with Crippen LogP contribution in [0, 0.1) is 12.8 Å². The molecule has 1 N–H and O–H groups in total. The van der Waals surface area contributed by atoms with Crippen molar-refractivity contribution in [2.45, 2.75) is 26.5 Å². The molecular formula is C18H23N3O3. The van der Waals surface area contributed by atoms with E-state index < -0.39 is 0 Å². The maximum Gasteiger partial charge on any atom is 0.317 e. The van der Waals surface area contributed by atoms with Crippen molar-refractivity contribution in [2.24, 2.45) is 5.92 Å². The van der Waals surface area contributed by atoms with Crippen LogP contribution in [0.5, 0.6) is 0 Å². The van der Waals surface area contributed by atoms with Gasteiger partial charge in [-0.3, -0.25) is 0 Å². The first-order valence-corrected chi connectivity index (χ1v) is 8.27. The van der Waals surface area contributed by atoms with Crippen LogP contribution in [0.15, 0.2) is 40.9 Å². The van der Waals surface area contributed by atoms with E-state index in [-0.39, 0.29) is 6.03 Å². The van der Waals surface area contributed by atoms with Gasteiger partial charge < -0.3 is 19.5 Å². The summed E-state index contributed by atoms with van der Waals surface area (Å²) in [5, 5.41) is 6.75. The van der Waals surface area contributed by atoms with Gasteiger partial charge in [-0.05, 0) is 18.9 Å². The summed E-state index contributed by atoms with van der Waals surface area (Å²) in [4.78, 5) is 14.0. The van der Waals surface area contributed by atoms with E-state index in [1.807, 2.05) is 36.1 Å². The fraction of sp³-hybridized carbons (Fsp3) is 0.444. The number of likely N-dealkylation sites (tertiary alicyclic amines) is 1. The molecule has 1 aromatic carbocycles. The third kappa shape index (κ3) is 4.58. The van der Waals surface area contributed by atoms with E-state index in [1.54, 1.807) is 0 Å². The Morgan fingerprint density at radius 3 is 3.00 bits per heavy atom. The molecule has 2 aromatic rings. The first-order chi connectivity index (χ1) is 11.7. The van der Waals surface area contributed by atoms with E-state index in [1.165, 1.54) is 5.56 Å². The van der Waals surface area contributed by atoms with Gasteiger partial charge in [0.15, 0.2) is 0 Å². The zero-order valence-corrected chi connectivity index (χ0v) is 13.9. The summed E-state index contributed by atoms with van der Waals surface area (Å²) in [7, 11) is 0. The Balaban J connectivity index is 1.36. The van der Waals surface area contributed by atoms with Crippen molar-refractivity contribution in [3.63, 3.8) is 0 Å². The highest BCUT2D eigenvalue weighted by molar-refractivity contribution is 5.74. The average Bonchev–Trinajstić information content (AvgIpc) is 3.23. The number of hydrogen-bond donors (Lipinski definition) is 1. The standard InChI is InChI=1S/C18H23N3O3/c1-14-9-17(20-24-14)10-19-18(22)21-8-7-16(11-21)13-23-12-15-5-3-2-4-6-15/h2-6,9,16H,7-8,10-13H2,1H3,(H,19,22)/t16-/m1/s1. The normalized spacial score (nSPS) is 17.2.